The SMILES string of the molecule is CCNC(=NCc1cccc(F)c1)NCc1nccn1C(F)F. The molecule has 0 amide bonds. The first kappa shape index (κ1) is 16.9. The lowest BCUT2D eigenvalue weighted by Gasteiger charge is -2.12. The molecule has 2 N–H and O–H groups in total. The van der Waals surface area contributed by atoms with Crippen LogP contribution in [0.1, 0.15) is 24.9 Å². The fourth-order valence-electron chi connectivity index (χ4n) is 1.97. The minimum Gasteiger partial charge on any atom is -0.357 e. The smallest absolute Gasteiger partial charge is 0.319 e. The summed E-state index contributed by atoms with van der Waals surface area (Å²) in [5.41, 5.74) is 0.719. The number of imidazole rings is 1. The molecule has 0 atom stereocenters. The topological polar surface area (TPSA) is 54.2 Å². The third-order valence-corrected chi connectivity index (χ3v) is 3.03. The van der Waals surface area contributed by atoms with Gasteiger partial charge in [-0.1, -0.05) is 12.1 Å². The van der Waals surface area contributed by atoms with Gasteiger partial charge in [-0.15, -0.1) is 0 Å². The average Bonchev–Trinajstić information content (AvgIpc) is 2.99. The van der Waals surface area contributed by atoms with Crippen molar-refractivity contribution in [2.45, 2.75) is 26.6 Å². The van der Waals surface area contributed by atoms with E-state index in [4.69, 9.17) is 0 Å². The van der Waals surface area contributed by atoms with E-state index in [1.54, 1.807) is 12.1 Å². The minimum absolute atomic E-state index is 0.103. The maximum absolute atomic E-state index is 13.1. The van der Waals surface area contributed by atoms with Crippen LogP contribution < -0.4 is 10.6 Å². The monoisotopic (exact) mass is 325 g/mol. The lowest BCUT2D eigenvalue weighted by atomic mass is 10.2. The molecule has 23 heavy (non-hydrogen) atoms. The zero-order valence-electron chi connectivity index (χ0n) is 12.6. The molecule has 1 heterocycles. The first-order valence-electron chi connectivity index (χ1n) is 7.16. The van der Waals surface area contributed by atoms with Gasteiger partial charge in [0.05, 0.1) is 13.1 Å². The molecular weight excluding hydrogens is 307 g/mol. The maximum atomic E-state index is 13.1. The Labute approximate surface area is 132 Å². The predicted molar refractivity (Wildman–Crippen MR) is 81.5 cm³/mol. The molecule has 8 heteroatoms. The molecule has 0 saturated heterocycles. The van der Waals surface area contributed by atoms with Crippen LogP contribution in [0.15, 0.2) is 41.7 Å². The van der Waals surface area contributed by atoms with E-state index in [0.29, 0.717) is 12.5 Å². The van der Waals surface area contributed by atoms with E-state index in [0.717, 1.165) is 10.1 Å². The number of hydrogen-bond donors (Lipinski definition) is 2. The molecule has 5 nitrogen and oxygen atoms in total. The third kappa shape index (κ3) is 5.01. The molecule has 0 unspecified atom stereocenters. The second kappa shape index (κ2) is 8.21. The summed E-state index contributed by atoms with van der Waals surface area (Å²) in [6.07, 6.45) is 2.54. The standard InChI is InChI=1S/C15H18F3N5/c1-2-19-15(21-9-11-4-3-5-12(16)8-11)22-10-13-20-6-7-23(13)14(17)18/h3-8,14H,2,9-10H2,1H3,(H2,19,21,22). The van der Waals surface area contributed by atoms with Crippen LogP contribution in [0, 0.1) is 5.82 Å². The van der Waals surface area contributed by atoms with Crippen LogP contribution in [-0.4, -0.2) is 22.1 Å². The van der Waals surface area contributed by atoms with Crippen LogP contribution >= 0.6 is 0 Å². The van der Waals surface area contributed by atoms with Crippen molar-refractivity contribution in [3.05, 3.63) is 53.9 Å². The Morgan fingerprint density at radius 1 is 1.35 bits per heavy atom. The second-order valence-electron chi connectivity index (χ2n) is 4.71. The molecule has 0 fully saturated rings. The number of guanidine groups is 1. The van der Waals surface area contributed by atoms with Gasteiger partial charge in [0.1, 0.15) is 11.6 Å². The summed E-state index contributed by atoms with van der Waals surface area (Å²) < 4.78 is 39.4. The molecule has 1 aromatic carbocycles. The Hall–Kier alpha value is -2.51. The molecular formula is C15H18F3N5. The van der Waals surface area contributed by atoms with Crippen molar-refractivity contribution >= 4 is 5.96 Å². The summed E-state index contributed by atoms with van der Waals surface area (Å²) in [6, 6.07) is 6.14. The van der Waals surface area contributed by atoms with E-state index in [9.17, 15) is 13.2 Å². The normalized spacial score (nSPS) is 11.8. The number of aromatic nitrogens is 2. The number of hydrogen-bond acceptors (Lipinski definition) is 2. The number of nitrogens with zero attached hydrogens (tertiary/aromatic N) is 3. The Kier molecular flexibility index (Phi) is 6.02. The number of rotatable bonds is 6. The van der Waals surface area contributed by atoms with Gasteiger partial charge < -0.3 is 10.6 Å². The Bertz CT molecular complexity index is 654. The van der Waals surface area contributed by atoms with Gasteiger partial charge >= 0.3 is 6.55 Å². The molecule has 0 aliphatic carbocycles. The Morgan fingerprint density at radius 3 is 2.87 bits per heavy atom. The van der Waals surface area contributed by atoms with E-state index in [2.05, 4.69) is 20.6 Å². The third-order valence-electron chi connectivity index (χ3n) is 3.03. The minimum atomic E-state index is -2.64. The summed E-state index contributed by atoms with van der Waals surface area (Å²) in [5, 5.41) is 5.93. The van der Waals surface area contributed by atoms with Gasteiger partial charge in [-0.05, 0) is 24.6 Å². The number of benzene rings is 1. The van der Waals surface area contributed by atoms with E-state index < -0.39 is 6.55 Å². The number of halogens is 3. The van der Waals surface area contributed by atoms with Crippen LogP contribution in [0.4, 0.5) is 13.2 Å². The van der Waals surface area contributed by atoms with E-state index in [-0.39, 0.29) is 24.7 Å². The van der Waals surface area contributed by atoms with Crippen molar-refractivity contribution in [1.29, 1.82) is 0 Å². The molecule has 1 aromatic heterocycles. The highest BCUT2D eigenvalue weighted by Crippen LogP contribution is 2.12. The van der Waals surface area contributed by atoms with Gasteiger partial charge in [-0.2, -0.15) is 8.78 Å². The zero-order valence-corrected chi connectivity index (χ0v) is 12.6. The van der Waals surface area contributed by atoms with E-state index in [1.165, 1.54) is 24.5 Å². The fourth-order valence-corrected chi connectivity index (χ4v) is 1.97. The van der Waals surface area contributed by atoms with Gasteiger partial charge in [0.25, 0.3) is 0 Å². The first-order chi connectivity index (χ1) is 11.1. The zero-order chi connectivity index (χ0) is 16.7. The molecule has 0 saturated carbocycles. The van der Waals surface area contributed by atoms with Crippen LogP contribution in [0.3, 0.4) is 0 Å². The fraction of sp³-hybridized carbons (Fsp3) is 0.333. The summed E-state index contributed by atoms with van der Waals surface area (Å²) >= 11 is 0. The van der Waals surface area contributed by atoms with E-state index >= 15 is 0 Å². The summed E-state index contributed by atoms with van der Waals surface area (Å²) in [6.45, 7) is 0.238. The predicted octanol–water partition coefficient (Wildman–Crippen LogP) is 2.67. The highest BCUT2D eigenvalue weighted by molar-refractivity contribution is 5.79. The highest BCUT2D eigenvalue weighted by Gasteiger charge is 2.11. The maximum Gasteiger partial charge on any atom is 0.319 e. The van der Waals surface area contributed by atoms with Gasteiger partial charge in [0.15, 0.2) is 5.96 Å². The molecule has 0 spiro atoms. The van der Waals surface area contributed by atoms with Crippen molar-refractivity contribution in [3.63, 3.8) is 0 Å². The van der Waals surface area contributed by atoms with Gasteiger partial charge in [0.2, 0.25) is 0 Å². The molecule has 0 bridgehead atoms. The molecule has 124 valence electrons. The van der Waals surface area contributed by atoms with Gasteiger partial charge in [-0.25, -0.2) is 14.4 Å². The van der Waals surface area contributed by atoms with Crippen LogP contribution in [0.2, 0.25) is 0 Å². The second-order valence-corrected chi connectivity index (χ2v) is 4.71. The van der Waals surface area contributed by atoms with Crippen molar-refractivity contribution in [2.24, 2.45) is 4.99 Å². The van der Waals surface area contributed by atoms with Crippen LogP contribution in [0.5, 0.6) is 0 Å². The summed E-state index contributed by atoms with van der Waals surface area (Å²) in [7, 11) is 0. The number of nitrogens with one attached hydrogen (secondary N) is 2. The van der Waals surface area contributed by atoms with Crippen molar-refractivity contribution in [3.8, 4) is 0 Å². The molecule has 2 rings (SSSR count). The van der Waals surface area contributed by atoms with Crippen molar-refractivity contribution in [2.75, 3.05) is 6.54 Å². The number of aliphatic imine (C=N–C) groups is 1. The lowest BCUT2D eigenvalue weighted by Crippen LogP contribution is -2.37. The lowest BCUT2D eigenvalue weighted by molar-refractivity contribution is 0.0668. The largest absolute Gasteiger partial charge is 0.357 e. The van der Waals surface area contributed by atoms with Crippen molar-refractivity contribution < 1.29 is 13.2 Å². The van der Waals surface area contributed by atoms with Crippen LogP contribution in [-0.2, 0) is 13.1 Å². The van der Waals surface area contributed by atoms with E-state index in [1.807, 2.05) is 6.92 Å². The average molecular weight is 325 g/mol. The quantitative estimate of drug-likeness (QED) is 0.634. The molecule has 0 aliphatic heterocycles. The molecule has 0 radical (unpaired) electrons. The molecule has 2 aromatic rings. The number of alkyl halides is 2. The first-order valence-corrected chi connectivity index (χ1v) is 7.16. The Morgan fingerprint density at radius 2 is 2.17 bits per heavy atom. The summed E-state index contributed by atoms with van der Waals surface area (Å²) in [4.78, 5) is 8.19. The molecule has 0 aliphatic rings. The van der Waals surface area contributed by atoms with Gasteiger partial charge in [-0.3, -0.25) is 4.57 Å². The Balaban J connectivity index is 2.00. The van der Waals surface area contributed by atoms with Gasteiger partial charge in [0, 0.05) is 18.9 Å². The van der Waals surface area contributed by atoms with Crippen molar-refractivity contribution in [1.82, 2.24) is 20.2 Å². The van der Waals surface area contributed by atoms with Crippen LogP contribution in [0.25, 0.3) is 0 Å². The highest BCUT2D eigenvalue weighted by atomic mass is 19.3. The summed E-state index contributed by atoms with van der Waals surface area (Å²) in [5.74, 6) is 0.326.